The molecule has 5 heteroatoms. The fraction of sp³-hybridized carbons (Fsp3) is 0.571. The smallest absolute Gasteiger partial charge is 0.0867 e. The minimum atomic E-state index is -0.495. The summed E-state index contributed by atoms with van der Waals surface area (Å²) in [5.74, 6) is 0.587. The van der Waals surface area contributed by atoms with Gasteiger partial charge in [0.15, 0.2) is 0 Å². The Morgan fingerprint density at radius 1 is 1.37 bits per heavy atom. The third-order valence-corrected chi connectivity index (χ3v) is 3.92. The van der Waals surface area contributed by atoms with Gasteiger partial charge in [-0.15, -0.1) is 11.8 Å². The van der Waals surface area contributed by atoms with Gasteiger partial charge in [0, 0.05) is 23.4 Å². The molecule has 0 saturated heterocycles. The summed E-state index contributed by atoms with van der Waals surface area (Å²) >= 11 is 1.59. The summed E-state index contributed by atoms with van der Waals surface area (Å²) in [6, 6.07) is 5.80. The predicted molar refractivity (Wildman–Crippen MR) is 79.6 cm³/mol. The lowest BCUT2D eigenvalue weighted by atomic mass is 10.2. The molecule has 0 fully saturated rings. The van der Waals surface area contributed by atoms with Gasteiger partial charge in [0.25, 0.3) is 0 Å². The molecule has 1 aromatic rings. The number of aryl methyl sites for hydroxylation is 1. The summed E-state index contributed by atoms with van der Waals surface area (Å²) < 4.78 is 10.4. The SMILES string of the molecule is COCC(C)OCC(O)CSc1cc(N)ccc1C. The average molecular weight is 285 g/mol. The highest BCUT2D eigenvalue weighted by Gasteiger charge is 2.09. The number of benzene rings is 1. The van der Waals surface area contributed by atoms with E-state index in [-0.39, 0.29) is 6.10 Å². The van der Waals surface area contributed by atoms with Crippen molar-refractivity contribution in [3.8, 4) is 0 Å². The lowest BCUT2D eigenvalue weighted by molar-refractivity contribution is -0.0257. The zero-order valence-corrected chi connectivity index (χ0v) is 12.6. The molecule has 0 aliphatic heterocycles. The molecule has 0 aliphatic rings. The van der Waals surface area contributed by atoms with E-state index < -0.39 is 6.10 Å². The largest absolute Gasteiger partial charge is 0.399 e. The van der Waals surface area contributed by atoms with Crippen LogP contribution < -0.4 is 5.73 Å². The Morgan fingerprint density at radius 3 is 2.79 bits per heavy atom. The number of thioether (sulfide) groups is 1. The first-order valence-corrected chi connectivity index (χ1v) is 7.29. The Bertz CT molecular complexity index is 387. The molecular weight excluding hydrogens is 262 g/mol. The highest BCUT2D eigenvalue weighted by molar-refractivity contribution is 7.99. The first-order valence-electron chi connectivity index (χ1n) is 6.30. The van der Waals surface area contributed by atoms with E-state index in [2.05, 4.69) is 0 Å². The van der Waals surface area contributed by atoms with Crippen molar-refractivity contribution in [2.24, 2.45) is 0 Å². The van der Waals surface area contributed by atoms with Crippen LogP contribution in [0.3, 0.4) is 0 Å². The predicted octanol–water partition coefficient (Wildman–Crippen LogP) is 2.08. The van der Waals surface area contributed by atoms with Gasteiger partial charge >= 0.3 is 0 Å². The number of hydrogen-bond donors (Lipinski definition) is 2. The molecule has 0 saturated carbocycles. The van der Waals surface area contributed by atoms with Crippen molar-refractivity contribution in [1.29, 1.82) is 0 Å². The van der Waals surface area contributed by atoms with Gasteiger partial charge in [0.1, 0.15) is 0 Å². The molecular formula is C14H23NO3S. The van der Waals surface area contributed by atoms with Crippen molar-refractivity contribution in [3.05, 3.63) is 23.8 Å². The number of nitrogens with two attached hydrogens (primary N) is 1. The van der Waals surface area contributed by atoms with Crippen LogP contribution in [0.15, 0.2) is 23.1 Å². The summed E-state index contributed by atoms with van der Waals surface area (Å²) in [5, 5.41) is 9.87. The molecule has 0 radical (unpaired) electrons. The molecule has 1 rings (SSSR count). The molecule has 1 aromatic carbocycles. The van der Waals surface area contributed by atoms with Crippen LogP contribution in [-0.2, 0) is 9.47 Å². The van der Waals surface area contributed by atoms with Crippen LogP contribution in [0.4, 0.5) is 5.69 Å². The van der Waals surface area contributed by atoms with Crippen LogP contribution in [-0.4, -0.2) is 43.4 Å². The van der Waals surface area contributed by atoms with Crippen LogP contribution in [0.25, 0.3) is 0 Å². The van der Waals surface area contributed by atoms with Crippen molar-refractivity contribution < 1.29 is 14.6 Å². The summed E-state index contributed by atoms with van der Waals surface area (Å²) in [6.45, 7) is 4.81. The first kappa shape index (κ1) is 16.3. The lowest BCUT2D eigenvalue weighted by Gasteiger charge is -2.16. The molecule has 0 aliphatic carbocycles. The van der Waals surface area contributed by atoms with Crippen molar-refractivity contribution >= 4 is 17.4 Å². The van der Waals surface area contributed by atoms with E-state index in [1.807, 2.05) is 32.0 Å². The molecule has 0 heterocycles. The Kier molecular flexibility index (Phi) is 7.23. The minimum Gasteiger partial charge on any atom is -0.399 e. The van der Waals surface area contributed by atoms with Crippen LogP contribution in [0.2, 0.25) is 0 Å². The maximum atomic E-state index is 9.87. The fourth-order valence-electron chi connectivity index (χ4n) is 1.56. The third kappa shape index (κ3) is 6.29. The van der Waals surface area contributed by atoms with E-state index in [1.165, 1.54) is 5.56 Å². The molecule has 0 bridgehead atoms. The van der Waals surface area contributed by atoms with Crippen molar-refractivity contribution in [2.45, 2.75) is 31.0 Å². The van der Waals surface area contributed by atoms with E-state index in [0.29, 0.717) is 19.0 Å². The molecule has 4 nitrogen and oxygen atoms in total. The molecule has 0 aromatic heterocycles. The van der Waals surface area contributed by atoms with E-state index in [0.717, 1.165) is 10.6 Å². The Morgan fingerprint density at radius 2 is 2.11 bits per heavy atom. The molecule has 108 valence electrons. The Labute approximate surface area is 119 Å². The zero-order valence-electron chi connectivity index (χ0n) is 11.8. The summed E-state index contributed by atoms with van der Waals surface area (Å²) in [5.41, 5.74) is 7.66. The molecule has 3 N–H and O–H groups in total. The maximum Gasteiger partial charge on any atom is 0.0867 e. The normalized spacial score (nSPS) is 14.3. The number of nitrogen functional groups attached to an aromatic ring is 1. The van der Waals surface area contributed by atoms with Gasteiger partial charge in [-0.1, -0.05) is 6.07 Å². The number of aliphatic hydroxyl groups excluding tert-OH is 1. The summed E-state index contributed by atoms with van der Waals surface area (Å²) in [4.78, 5) is 1.10. The minimum absolute atomic E-state index is 0.00115. The average Bonchev–Trinajstić information content (AvgIpc) is 2.38. The molecule has 0 amide bonds. The number of methoxy groups -OCH3 is 1. The summed E-state index contributed by atoms with van der Waals surface area (Å²) in [6.07, 6.45) is -0.496. The van der Waals surface area contributed by atoms with Gasteiger partial charge in [-0.05, 0) is 31.5 Å². The monoisotopic (exact) mass is 285 g/mol. The second kappa shape index (κ2) is 8.43. The molecule has 19 heavy (non-hydrogen) atoms. The van der Waals surface area contributed by atoms with Gasteiger partial charge in [-0.2, -0.15) is 0 Å². The highest BCUT2D eigenvalue weighted by Crippen LogP contribution is 2.25. The maximum absolute atomic E-state index is 9.87. The summed E-state index contributed by atoms with van der Waals surface area (Å²) in [7, 11) is 1.63. The van der Waals surface area contributed by atoms with Crippen molar-refractivity contribution in [1.82, 2.24) is 0 Å². The van der Waals surface area contributed by atoms with Gasteiger partial charge in [-0.3, -0.25) is 0 Å². The van der Waals surface area contributed by atoms with E-state index in [4.69, 9.17) is 15.2 Å². The van der Waals surface area contributed by atoms with Crippen LogP contribution >= 0.6 is 11.8 Å². The van der Waals surface area contributed by atoms with Crippen molar-refractivity contribution in [3.63, 3.8) is 0 Å². The Balaban J connectivity index is 2.33. The van der Waals surface area contributed by atoms with Crippen LogP contribution in [0.5, 0.6) is 0 Å². The van der Waals surface area contributed by atoms with Crippen molar-refractivity contribution in [2.75, 3.05) is 31.8 Å². The molecule has 0 spiro atoms. The van der Waals surface area contributed by atoms with Gasteiger partial charge in [0.05, 0.1) is 25.4 Å². The number of rotatable bonds is 8. The number of hydrogen-bond acceptors (Lipinski definition) is 5. The molecule has 2 unspecified atom stereocenters. The first-order chi connectivity index (χ1) is 9.02. The van der Waals surface area contributed by atoms with Gasteiger partial charge in [0.2, 0.25) is 0 Å². The second-order valence-corrected chi connectivity index (χ2v) is 5.65. The molecule has 2 atom stereocenters. The Hall–Kier alpha value is -0.750. The lowest BCUT2D eigenvalue weighted by Crippen LogP contribution is -2.24. The third-order valence-electron chi connectivity index (χ3n) is 2.62. The number of anilines is 1. The van der Waals surface area contributed by atoms with Gasteiger partial charge < -0.3 is 20.3 Å². The van der Waals surface area contributed by atoms with Gasteiger partial charge in [-0.25, -0.2) is 0 Å². The number of ether oxygens (including phenoxy) is 2. The number of aliphatic hydroxyl groups is 1. The standard InChI is InChI=1S/C14H23NO3S/c1-10-4-5-12(15)6-14(10)19-9-13(16)8-18-11(2)7-17-3/h4-6,11,13,16H,7-9,15H2,1-3H3. The highest BCUT2D eigenvalue weighted by atomic mass is 32.2. The zero-order chi connectivity index (χ0) is 14.3. The van der Waals surface area contributed by atoms with E-state index in [9.17, 15) is 5.11 Å². The van der Waals surface area contributed by atoms with E-state index >= 15 is 0 Å². The van der Waals surface area contributed by atoms with E-state index in [1.54, 1.807) is 18.9 Å². The second-order valence-electron chi connectivity index (χ2n) is 4.59. The fourth-order valence-corrected chi connectivity index (χ4v) is 2.55. The quantitative estimate of drug-likeness (QED) is 0.565. The van der Waals surface area contributed by atoms with Crippen LogP contribution in [0, 0.1) is 6.92 Å². The topological polar surface area (TPSA) is 64.7 Å². The van der Waals surface area contributed by atoms with Crippen LogP contribution in [0.1, 0.15) is 12.5 Å².